The van der Waals surface area contributed by atoms with Crippen molar-refractivity contribution in [1.82, 2.24) is 0 Å². The minimum absolute atomic E-state index is 0.133. The van der Waals surface area contributed by atoms with Crippen LogP contribution >= 0.6 is 11.8 Å². The summed E-state index contributed by atoms with van der Waals surface area (Å²) >= 11 is 1.79. The molecular formula is C14H13NS. The number of hydrogen-bond acceptors (Lipinski definition) is 2. The van der Waals surface area contributed by atoms with Gasteiger partial charge in [0.2, 0.25) is 0 Å². The molecule has 0 fully saturated rings. The molecule has 0 saturated carbocycles. The molecule has 0 amide bonds. The summed E-state index contributed by atoms with van der Waals surface area (Å²) in [6, 6.07) is 10.4. The van der Waals surface area contributed by atoms with E-state index < -0.39 is 0 Å². The second-order valence-corrected chi connectivity index (χ2v) is 4.84. The summed E-state index contributed by atoms with van der Waals surface area (Å²) in [5, 5.41) is 9.24. The monoisotopic (exact) mass is 227 g/mol. The lowest BCUT2D eigenvalue weighted by Gasteiger charge is -2.08. The molecule has 16 heavy (non-hydrogen) atoms. The second-order valence-electron chi connectivity index (χ2n) is 3.75. The molecule has 1 aliphatic heterocycles. The molecule has 2 heteroatoms. The normalized spacial score (nSPS) is 18.6. The van der Waals surface area contributed by atoms with Crippen LogP contribution in [0.25, 0.3) is 0 Å². The summed E-state index contributed by atoms with van der Waals surface area (Å²) in [6.45, 7) is 2.05. The van der Waals surface area contributed by atoms with Crippen molar-refractivity contribution in [2.24, 2.45) is 0 Å². The van der Waals surface area contributed by atoms with Gasteiger partial charge in [0, 0.05) is 10.7 Å². The number of nitriles is 1. The van der Waals surface area contributed by atoms with E-state index in [0.717, 1.165) is 11.3 Å². The van der Waals surface area contributed by atoms with Crippen LogP contribution in [0.2, 0.25) is 0 Å². The molecule has 2 rings (SSSR count). The van der Waals surface area contributed by atoms with Gasteiger partial charge in [-0.05, 0) is 24.1 Å². The number of benzene rings is 1. The molecule has 1 aromatic carbocycles. The number of aryl methyl sites for hydroxylation is 1. The van der Waals surface area contributed by atoms with E-state index in [4.69, 9.17) is 0 Å². The van der Waals surface area contributed by atoms with Crippen molar-refractivity contribution in [3.63, 3.8) is 0 Å². The third-order valence-corrected chi connectivity index (χ3v) is 3.59. The Morgan fingerprint density at radius 3 is 2.88 bits per heavy atom. The third kappa shape index (κ3) is 2.37. The average Bonchev–Trinajstić information content (AvgIpc) is 2.80. The highest BCUT2D eigenvalue weighted by atomic mass is 32.2. The van der Waals surface area contributed by atoms with Crippen molar-refractivity contribution in [2.45, 2.75) is 12.8 Å². The largest absolute Gasteiger partial charge is 0.197 e. The van der Waals surface area contributed by atoms with Gasteiger partial charge < -0.3 is 0 Å². The van der Waals surface area contributed by atoms with E-state index in [9.17, 15) is 5.26 Å². The molecule has 1 heterocycles. The zero-order valence-corrected chi connectivity index (χ0v) is 10.00. The standard InChI is InChI=1S/C14H13NS/c1-11-5-2-3-7-14(11)12(10-15)9-13-6-4-8-16-13/h2-7,9,12H,8H2,1H3. The van der Waals surface area contributed by atoms with E-state index in [0.29, 0.717) is 0 Å². The molecule has 1 aromatic rings. The van der Waals surface area contributed by atoms with Gasteiger partial charge in [0.05, 0.1) is 12.0 Å². The maximum Gasteiger partial charge on any atom is 0.0909 e. The first-order valence-electron chi connectivity index (χ1n) is 5.27. The predicted octanol–water partition coefficient (Wildman–Crippen LogP) is 3.79. The molecule has 0 aliphatic carbocycles. The number of allylic oxidation sites excluding steroid dienone is 2. The van der Waals surface area contributed by atoms with Crippen molar-refractivity contribution in [3.8, 4) is 6.07 Å². The number of thioether (sulfide) groups is 1. The van der Waals surface area contributed by atoms with Gasteiger partial charge in [-0.25, -0.2) is 0 Å². The highest BCUT2D eigenvalue weighted by Gasteiger charge is 2.11. The fourth-order valence-corrected chi connectivity index (χ4v) is 2.57. The number of rotatable bonds is 2. The molecule has 1 atom stereocenters. The minimum atomic E-state index is -0.133. The Labute approximate surface area is 100 Å². The van der Waals surface area contributed by atoms with Gasteiger partial charge in [0.25, 0.3) is 0 Å². The summed E-state index contributed by atoms with van der Waals surface area (Å²) in [4.78, 5) is 1.20. The van der Waals surface area contributed by atoms with E-state index in [1.54, 1.807) is 11.8 Å². The van der Waals surface area contributed by atoms with Crippen LogP contribution in [0, 0.1) is 18.3 Å². The SMILES string of the molecule is Cc1ccccc1C(C#N)C=C1C=CCS1. The van der Waals surface area contributed by atoms with Crippen LogP contribution in [0.3, 0.4) is 0 Å². The molecule has 1 aliphatic rings. The van der Waals surface area contributed by atoms with Gasteiger partial charge in [-0.15, -0.1) is 11.8 Å². The molecule has 80 valence electrons. The fraction of sp³-hybridized carbons (Fsp3) is 0.214. The first kappa shape index (κ1) is 11.0. The predicted molar refractivity (Wildman–Crippen MR) is 69.2 cm³/mol. The molecule has 0 saturated heterocycles. The molecule has 1 nitrogen and oxygen atoms in total. The first-order chi connectivity index (χ1) is 7.81. The topological polar surface area (TPSA) is 23.8 Å². The fourth-order valence-electron chi connectivity index (χ4n) is 1.76. The quantitative estimate of drug-likeness (QED) is 0.767. The summed E-state index contributed by atoms with van der Waals surface area (Å²) in [5.74, 6) is 0.893. The van der Waals surface area contributed by atoms with Gasteiger partial charge in [-0.1, -0.05) is 36.4 Å². The summed E-state index contributed by atoms with van der Waals surface area (Å²) in [6.07, 6.45) is 6.27. The minimum Gasteiger partial charge on any atom is -0.197 e. The Kier molecular flexibility index (Phi) is 3.48. The number of hydrogen-bond donors (Lipinski definition) is 0. The van der Waals surface area contributed by atoms with Crippen LogP contribution in [0.15, 0.2) is 47.4 Å². The molecule has 0 spiro atoms. The van der Waals surface area contributed by atoms with E-state index >= 15 is 0 Å². The maximum atomic E-state index is 9.24. The molecule has 0 N–H and O–H groups in total. The second kappa shape index (κ2) is 5.05. The maximum absolute atomic E-state index is 9.24. The Balaban J connectivity index is 2.31. The van der Waals surface area contributed by atoms with Crippen molar-refractivity contribution in [2.75, 3.05) is 5.75 Å². The van der Waals surface area contributed by atoms with Crippen LogP contribution < -0.4 is 0 Å². The van der Waals surface area contributed by atoms with E-state index in [1.807, 2.05) is 18.2 Å². The Hall–Kier alpha value is -1.46. The molecule has 1 unspecified atom stereocenters. The lowest BCUT2D eigenvalue weighted by atomic mass is 9.95. The van der Waals surface area contributed by atoms with Crippen molar-refractivity contribution in [3.05, 3.63) is 58.5 Å². The van der Waals surface area contributed by atoms with Crippen LogP contribution in [0.5, 0.6) is 0 Å². The smallest absolute Gasteiger partial charge is 0.0909 e. The third-order valence-electron chi connectivity index (χ3n) is 2.62. The lowest BCUT2D eigenvalue weighted by molar-refractivity contribution is 1.07. The summed E-state index contributed by atoms with van der Waals surface area (Å²) in [5.41, 5.74) is 2.29. The van der Waals surface area contributed by atoms with Crippen molar-refractivity contribution in [1.29, 1.82) is 5.26 Å². The highest BCUT2D eigenvalue weighted by molar-refractivity contribution is 8.03. The zero-order chi connectivity index (χ0) is 11.4. The molecular weight excluding hydrogens is 214 g/mol. The molecule has 0 aromatic heterocycles. The Bertz CT molecular complexity index is 480. The zero-order valence-electron chi connectivity index (χ0n) is 9.18. The van der Waals surface area contributed by atoms with Crippen LogP contribution in [-0.4, -0.2) is 5.75 Å². The van der Waals surface area contributed by atoms with Crippen LogP contribution in [0.4, 0.5) is 0 Å². The van der Waals surface area contributed by atoms with E-state index in [-0.39, 0.29) is 5.92 Å². The van der Waals surface area contributed by atoms with E-state index in [1.165, 1.54) is 10.5 Å². The van der Waals surface area contributed by atoms with Gasteiger partial charge in [0.15, 0.2) is 0 Å². The van der Waals surface area contributed by atoms with Crippen LogP contribution in [0.1, 0.15) is 17.0 Å². The summed E-state index contributed by atoms with van der Waals surface area (Å²) < 4.78 is 0. The van der Waals surface area contributed by atoms with Crippen LogP contribution in [-0.2, 0) is 0 Å². The van der Waals surface area contributed by atoms with Crippen molar-refractivity contribution < 1.29 is 0 Å². The van der Waals surface area contributed by atoms with Gasteiger partial charge in [0.1, 0.15) is 0 Å². The van der Waals surface area contributed by atoms with E-state index in [2.05, 4.69) is 37.3 Å². The van der Waals surface area contributed by atoms with Gasteiger partial charge in [-0.2, -0.15) is 5.26 Å². The number of nitrogens with zero attached hydrogens (tertiary/aromatic N) is 1. The van der Waals surface area contributed by atoms with Gasteiger partial charge in [-0.3, -0.25) is 0 Å². The lowest BCUT2D eigenvalue weighted by Crippen LogP contribution is -1.95. The molecule has 0 bridgehead atoms. The summed E-state index contributed by atoms with van der Waals surface area (Å²) in [7, 11) is 0. The highest BCUT2D eigenvalue weighted by Crippen LogP contribution is 2.29. The average molecular weight is 227 g/mol. The Morgan fingerprint density at radius 2 is 2.25 bits per heavy atom. The molecule has 0 radical (unpaired) electrons. The Morgan fingerprint density at radius 1 is 1.44 bits per heavy atom. The first-order valence-corrected chi connectivity index (χ1v) is 6.26. The van der Waals surface area contributed by atoms with Gasteiger partial charge >= 0.3 is 0 Å². The van der Waals surface area contributed by atoms with Crippen molar-refractivity contribution >= 4 is 11.8 Å².